The number of hydrogen-bond donors (Lipinski definition) is 0. The van der Waals surface area contributed by atoms with Crippen molar-refractivity contribution in [1.82, 2.24) is 9.80 Å². The molecular weight excluding hydrogens is 320 g/mol. The Hall–Kier alpha value is -2.29. The van der Waals surface area contributed by atoms with Gasteiger partial charge < -0.3 is 9.64 Å². The quantitative estimate of drug-likeness (QED) is 0.332. The molecule has 0 radical (unpaired) electrons. The number of carbonyl (C=O) groups excluding carboxylic acids is 3. The van der Waals surface area contributed by atoms with Crippen LogP contribution in [0.2, 0.25) is 0 Å². The maximum atomic E-state index is 12.4. The SMILES string of the molecule is C#CCN1CC(=O)N(COC(=O)C2C(C=C3CCCC3)C2(C)C)C1=O. The summed E-state index contributed by atoms with van der Waals surface area (Å²) in [5.74, 6) is 1.56. The van der Waals surface area contributed by atoms with Gasteiger partial charge in [0.05, 0.1) is 12.5 Å². The number of nitrogens with zero attached hydrogens (tertiary/aromatic N) is 2. The summed E-state index contributed by atoms with van der Waals surface area (Å²) in [4.78, 5) is 38.6. The zero-order valence-electron chi connectivity index (χ0n) is 14.8. The van der Waals surface area contributed by atoms with E-state index in [0.29, 0.717) is 0 Å². The molecule has 1 saturated heterocycles. The molecule has 2 unspecified atom stereocenters. The molecule has 6 heteroatoms. The van der Waals surface area contributed by atoms with Gasteiger partial charge in [-0.1, -0.05) is 31.4 Å². The fourth-order valence-corrected chi connectivity index (χ4v) is 3.86. The predicted octanol–water partition coefficient (Wildman–Crippen LogP) is 2.16. The molecule has 3 fully saturated rings. The zero-order chi connectivity index (χ0) is 18.2. The predicted molar refractivity (Wildman–Crippen MR) is 90.9 cm³/mol. The number of terminal acetylenes is 1. The van der Waals surface area contributed by atoms with E-state index in [2.05, 4.69) is 25.8 Å². The highest BCUT2D eigenvalue weighted by Crippen LogP contribution is 2.60. The van der Waals surface area contributed by atoms with Crippen LogP contribution < -0.4 is 0 Å². The molecule has 6 nitrogen and oxygen atoms in total. The van der Waals surface area contributed by atoms with E-state index < -0.39 is 11.9 Å². The highest BCUT2D eigenvalue weighted by Gasteiger charge is 2.61. The summed E-state index contributed by atoms with van der Waals surface area (Å²) < 4.78 is 5.29. The molecule has 1 aliphatic heterocycles. The molecule has 0 aromatic carbocycles. The van der Waals surface area contributed by atoms with Gasteiger partial charge in [-0.15, -0.1) is 6.42 Å². The van der Waals surface area contributed by atoms with Crippen molar-refractivity contribution in [2.24, 2.45) is 17.3 Å². The third-order valence-electron chi connectivity index (χ3n) is 5.57. The monoisotopic (exact) mass is 344 g/mol. The zero-order valence-corrected chi connectivity index (χ0v) is 14.8. The van der Waals surface area contributed by atoms with E-state index in [0.717, 1.165) is 17.7 Å². The highest BCUT2D eigenvalue weighted by atomic mass is 16.5. The smallest absolute Gasteiger partial charge is 0.330 e. The Morgan fingerprint density at radius 2 is 2.04 bits per heavy atom. The minimum atomic E-state index is -0.504. The van der Waals surface area contributed by atoms with Gasteiger partial charge in [-0.3, -0.25) is 9.59 Å². The number of ether oxygens (including phenoxy) is 1. The summed E-state index contributed by atoms with van der Waals surface area (Å²) in [5.41, 5.74) is 1.30. The fraction of sp³-hybridized carbons (Fsp3) is 0.632. The number of allylic oxidation sites excluding steroid dienone is 2. The average Bonchev–Trinajstić information content (AvgIpc) is 2.89. The molecule has 2 aliphatic carbocycles. The number of amides is 3. The second-order valence-electron chi connectivity index (χ2n) is 7.61. The molecule has 3 rings (SSSR count). The molecule has 2 atom stereocenters. The Morgan fingerprint density at radius 3 is 2.68 bits per heavy atom. The van der Waals surface area contributed by atoms with Gasteiger partial charge in [0, 0.05) is 0 Å². The van der Waals surface area contributed by atoms with Gasteiger partial charge >= 0.3 is 12.0 Å². The maximum absolute atomic E-state index is 12.4. The molecule has 0 spiro atoms. The lowest BCUT2D eigenvalue weighted by Crippen LogP contribution is -2.36. The summed E-state index contributed by atoms with van der Waals surface area (Å²) in [6.45, 7) is 3.77. The summed E-state index contributed by atoms with van der Waals surface area (Å²) >= 11 is 0. The molecule has 0 bridgehead atoms. The minimum absolute atomic E-state index is 0.0652. The van der Waals surface area contributed by atoms with Crippen molar-refractivity contribution in [3.05, 3.63) is 11.6 Å². The van der Waals surface area contributed by atoms with Crippen LogP contribution in [0.25, 0.3) is 0 Å². The molecule has 0 N–H and O–H groups in total. The third-order valence-corrected chi connectivity index (χ3v) is 5.57. The first-order chi connectivity index (χ1) is 11.9. The van der Waals surface area contributed by atoms with Gasteiger partial charge in [-0.05, 0) is 37.0 Å². The molecule has 1 heterocycles. The molecule has 0 aromatic heterocycles. The van der Waals surface area contributed by atoms with E-state index in [4.69, 9.17) is 11.2 Å². The average molecular weight is 344 g/mol. The van der Waals surface area contributed by atoms with Crippen LogP contribution in [0.3, 0.4) is 0 Å². The first-order valence-electron chi connectivity index (χ1n) is 8.75. The molecule has 25 heavy (non-hydrogen) atoms. The number of hydrogen-bond acceptors (Lipinski definition) is 4. The topological polar surface area (TPSA) is 66.9 Å². The van der Waals surface area contributed by atoms with Crippen LogP contribution in [0.5, 0.6) is 0 Å². The normalized spacial score (nSPS) is 27.5. The van der Waals surface area contributed by atoms with Crippen molar-refractivity contribution in [2.75, 3.05) is 19.8 Å². The molecular formula is C19H24N2O4. The van der Waals surface area contributed by atoms with Crippen LogP contribution in [0.15, 0.2) is 11.6 Å². The molecule has 3 amide bonds. The van der Waals surface area contributed by atoms with Crippen molar-refractivity contribution in [3.8, 4) is 12.3 Å². The maximum Gasteiger partial charge on any atom is 0.330 e. The Morgan fingerprint density at radius 1 is 1.36 bits per heavy atom. The second kappa shape index (κ2) is 6.55. The second-order valence-corrected chi connectivity index (χ2v) is 7.61. The molecule has 0 aromatic rings. The van der Waals surface area contributed by atoms with Gasteiger partial charge in [0.25, 0.3) is 5.91 Å². The van der Waals surface area contributed by atoms with Gasteiger partial charge in [-0.2, -0.15) is 0 Å². The Kier molecular flexibility index (Phi) is 4.59. The molecule has 134 valence electrons. The Balaban J connectivity index is 1.56. The van der Waals surface area contributed by atoms with Gasteiger partial charge in [0.15, 0.2) is 6.73 Å². The first kappa shape index (κ1) is 17.5. The van der Waals surface area contributed by atoms with Crippen LogP contribution in [-0.2, 0) is 14.3 Å². The van der Waals surface area contributed by atoms with E-state index in [1.165, 1.54) is 23.3 Å². The Bertz CT molecular complexity index is 665. The number of carbonyl (C=O) groups is 3. The van der Waals surface area contributed by atoms with Crippen molar-refractivity contribution in [1.29, 1.82) is 0 Å². The fourth-order valence-electron chi connectivity index (χ4n) is 3.86. The van der Waals surface area contributed by atoms with Gasteiger partial charge in [-0.25, -0.2) is 9.69 Å². The lowest BCUT2D eigenvalue weighted by molar-refractivity contribution is -0.151. The van der Waals surface area contributed by atoms with E-state index in [-0.39, 0.29) is 43.0 Å². The largest absolute Gasteiger partial charge is 0.443 e. The summed E-state index contributed by atoms with van der Waals surface area (Å²) in [6, 6.07) is -0.504. The third kappa shape index (κ3) is 3.28. The van der Waals surface area contributed by atoms with Crippen LogP contribution in [-0.4, -0.2) is 47.5 Å². The first-order valence-corrected chi connectivity index (χ1v) is 8.75. The van der Waals surface area contributed by atoms with Crippen molar-refractivity contribution in [3.63, 3.8) is 0 Å². The number of esters is 1. The van der Waals surface area contributed by atoms with Crippen LogP contribution in [0.4, 0.5) is 4.79 Å². The van der Waals surface area contributed by atoms with E-state index >= 15 is 0 Å². The van der Waals surface area contributed by atoms with Crippen LogP contribution >= 0.6 is 0 Å². The minimum Gasteiger partial charge on any atom is -0.443 e. The van der Waals surface area contributed by atoms with Crippen LogP contribution in [0, 0.1) is 29.6 Å². The van der Waals surface area contributed by atoms with E-state index in [1.54, 1.807) is 0 Å². The van der Waals surface area contributed by atoms with Gasteiger partial charge in [0.1, 0.15) is 6.54 Å². The van der Waals surface area contributed by atoms with Gasteiger partial charge in [0.2, 0.25) is 0 Å². The lowest BCUT2D eigenvalue weighted by atomic mass is 10.1. The molecule has 3 aliphatic rings. The summed E-state index contributed by atoms with van der Waals surface area (Å²) in [6.07, 6.45) is 12.1. The standard InChI is InChI=1S/C19H24N2O4/c1-4-9-20-11-15(22)21(18(20)24)12-25-17(23)16-14(19(16,2)3)10-13-7-5-6-8-13/h1,10,14,16H,5-9,11-12H2,2-3H3. The highest BCUT2D eigenvalue weighted by molar-refractivity contribution is 6.02. The van der Waals surface area contributed by atoms with E-state index in [1.807, 2.05) is 0 Å². The van der Waals surface area contributed by atoms with Crippen LogP contribution in [0.1, 0.15) is 39.5 Å². The van der Waals surface area contributed by atoms with Crippen molar-refractivity contribution < 1.29 is 19.1 Å². The molecule has 2 saturated carbocycles. The van der Waals surface area contributed by atoms with Crippen molar-refractivity contribution in [2.45, 2.75) is 39.5 Å². The van der Waals surface area contributed by atoms with Crippen molar-refractivity contribution >= 4 is 17.9 Å². The number of imide groups is 1. The number of urea groups is 1. The summed E-state index contributed by atoms with van der Waals surface area (Å²) in [5, 5.41) is 0. The van der Waals surface area contributed by atoms with E-state index in [9.17, 15) is 14.4 Å². The number of rotatable bonds is 5. The summed E-state index contributed by atoms with van der Waals surface area (Å²) in [7, 11) is 0. The Labute approximate surface area is 148 Å². The lowest BCUT2D eigenvalue weighted by Gasteiger charge is -2.15.